The highest BCUT2D eigenvalue weighted by atomic mass is 32.1. The standard InChI is InChI=1S/C16H12F2N4O4S/c1-6-11(13(23)20-8-3-4-9(17)10(18)5-8)14(27-22-6)21-16-19-7(2)12(26-16)15(24)25/h3-5H,1-2H3,(H,19,21)(H,20,23)(H,24,25). The monoisotopic (exact) mass is 394 g/mol. The molecule has 8 nitrogen and oxygen atoms in total. The number of hydrogen-bond donors (Lipinski definition) is 3. The van der Waals surface area contributed by atoms with Gasteiger partial charge in [-0.1, -0.05) is 0 Å². The van der Waals surface area contributed by atoms with Crippen molar-refractivity contribution in [2.45, 2.75) is 13.8 Å². The number of anilines is 3. The van der Waals surface area contributed by atoms with Crippen molar-refractivity contribution in [2.24, 2.45) is 0 Å². The minimum Gasteiger partial charge on any atom is -0.475 e. The van der Waals surface area contributed by atoms with Crippen LogP contribution in [0.4, 0.5) is 25.5 Å². The number of amides is 1. The summed E-state index contributed by atoms with van der Waals surface area (Å²) in [5.74, 6) is -4.34. The molecule has 0 aliphatic rings. The van der Waals surface area contributed by atoms with E-state index in [1.54, 1.807) is 6.92 Å². The maximum absolute atomic E-state index is 13.3. The molecule has 1 aromatic carbocycles. The van der Waals surface area contributed by atoms with E-state index in [1.807, 2.05) is 0 Å². The van der Waals surface area contributed by atoms with Crippen LogP contribution < -0.4 is 10.6 Å². The van der Waals surface area contributed by atoms with Gasteiger partial charge in [-0.15, -0.1) is 0 Å². The van der Waals surface area contributed by atoms with Gasteiger partial charge in [0.1, 0.15) is 5.00 Å². The van der Waals surface area contributed by atoms with E-state index >= 15 is 0 Å². The Morgan fingerprint density at radius 3 is 2.56 bits per heavy atom. The summed E-state index contributed by atoms with van der Waals surface area (Å²) in [6.45, 7) is 3.05. The predicted octanol–water partition coefficient (Wildman–Crippen LogP) is 3.72. The minimum atomic E-state index is -1.27. The van der Waals surface area contributed by atoms with Crippen LogP contribution in [0, 0.1) is 25.5 Å². The number of benzene rings is 1. The van der Waals surface area contributed by atoms with Crippen molar-refractivity contribution in [1.82, 2.24) is 9.36 Å². The first-order valence-electron chi connectivity index (χ1n) is 7.46. The quantitative estimate of drug-likeness (QED) is 0.604. The first-order chi connectivity index (χ1) is 12.8. The van der Waals surface area contributed by atoms with Gasteiger partial charge in [-0.3, -0.25) is 10.1 Å². The SMILES string of the molecule is Cc1nc(Nc2snc(C)c2C(=O)Nc2ccc(F)c(F)c2)oc1C(=O)O. The van der Waals surface area contributed by atoms with Crippen LogP contribution in [0.15, 0.2) is 22.6 Å². The van der Waals surface area contributed by atoms with Crippen LogP contribution in [0.3, 0.4) is 0 Å². The topological polar surface area (TPSA) is 117 Å². The lowest BCUT2D eigenvalue weighted by Gasteiger charge is -2.07. The Bertz CT molecular complexity index is 1050. The molecule has 27 heavy (non-hydrogen) atoms. The van der Waals surface area contributed by atoms with E-state index in [1.165, 1.54) is 13.0 Å². The second-order valence-electron chi connectivity index (χ2n) is 5.42. The molecule has 2 aromatic heterocycles. The molecule has 11 heteroatoms. The van der Waals surface area contributed by atoms with Crippen LogP contribution in [0.1, 0.15) is 32.3 Å². The number of aryl methyl sites for hydroxylation is 2. The highest BCUT2D eigenvalue weighted by molar-refractivity contribution is 7.10. The Hall–Kier alpha value is -3.34. The van der Waals surface area contributed by atoms with E-state index in [9.17, 15) is 18.4 Å². The lowest BCUT2D eigenvalue weighted by atomic mass is 10.2. The summed E-state index contributed by atoms with van der Waals surface area (Å²) in [4.78, 5) is 27.5. The molecule has 0 atom stereocenters. The fourth-order valence-electron chi connectivity index (χ4n) is 2.24. The highest BCUT2D eigenvalue weighted by Gasteiger charge is 2.22. The van der Waals surface area contributed by atoms with Gasteiger partial charge in [-0.25, -0.2) is 13.6 Å². The molecule has 3 aromatic rings. The van der Waals surface area contributed by atoms with Crippen LogP contribution in [0.5, 0.6) is 0 Å². The number of carboxylic acid groups (broad SMARTS) is 1. The Balaban J connectivity index is 1.85. The number of nitrogens with one attached hydrogen (secondary N) is 2. The van der Waals surface area contributed by atoms with E-state index in [-0.39, 0.29) is 33.7 Å². The molecule has 2 heterocycles. The first-order valence-corrected chi connectivity index (χ1v) is 8.24. The zero-order valence-corrected chi connectivity index (χ0v) is 14.8. The number of carbonyl (C=O) groups excluding carboxylic acids is 1. The zero-order chi connectivity index (χ0) is 19.7. The molecule has 0 radical (unpaired) electrons. The van der Waals surface area contributed by atoms with Gasteiger partial charge in [-0.2, -0.15) is 9.36 Å². The molecule has 3 N–H and O–H groups in total. The van der Waals surface area contributed by atoms with Crippen molar-refractivity contribution in [3.05, 3.63) is 52.5 Å². The number of rotatable bonds is 5. The summed E-state index contributed by atoms with van der Waals surface area (Å²) < 4.78 is 35.5. The minimum absolute atomic E-state index is 0.0654. The third-order valence-corrected chi connectivity index (χ3v) is 4.33. The molecule has 3 rings (SSSR count). The van der Waals surface area contributed by atoms with Crippen molar-refractivity contribution in [3.63, 3.8) is 0 Å². The highest BCUT2D eigenvalue weighted by Crippen LogP contribution is 2.29. The molecule has 0 saturated heterocycles. The maximum atomic E-state index is 13.3. The van der Waals surface area contributed by atoms with Crippen LogP contribution in [-0.4, -0.2) is 26.3 Å². The summed E-state index contributed by atoms with van der Waals surface area (Å²) in [6.07, 6.45) is 0. The molecule has 0 saturated carbocycles. The lowest BCUT2D eigenvalue weighted by Crippen LogP contribution is -2.14. The lowest BCUT2D eigenvalue weighted by molar-refractivity contribution is 0.0662. The first kappa shape index (κ1) is 18.5. The number of aromatic carboxylic acids is 1. The van der Waals surface area contributed by atoms with E-state index in [0.717, 1.165) is 23.7 Å². The molecule has 0 spiro atoms. The zero-order valence-electron chi connectivity index (χ0n) is 14.0. The Morgan fingerprint density at radius 2 is 1.93 bits per heavy atom. The van der Waals surface area contributed by atoms with Gasteiger partial charge in [0.2, 0.25) is 5.76 Å². The maximum Gasteiger partial charge on any atom is 0.373 e. The van der Waals surface area contributed by atoms with Crippen molar-refractivity contribution in [3.8, 4) is 0 Å². The van der Waals surface area contributed by atoms with Crippen molar-refractivity contribution in [2.75, 3.05) is 10.6 Å². The van der Waals surface area contributed by atoms with Crippen LogP contribution in [-0.2, 0) is 0 Å². The Labute approximate surface area is 155 Å². The normalized spacial score (nSPS) is 10.7. The van der Waals surface area contributed by atoms with Crippen LogP contribution in [0.25, 0.3) is 0 Å². The van der Waals surface area contributed by atoms with Gasteiger partial charge in [0.05, 0.1) is 17.0 Å². The number of nitrogens with zero attached hydrogens (tertiary/aromatic N) is 2. The molecule has 1 amide bonds. The van der Waals surface area contributed by atoms with Gasteiger partial charge in [-0.05, 0) is 37.5 Å². The summed E-state index contributed by atoms with van der Waals surface area (Å²) in [6, 6.07) is 2.85. The smallest absolute Gasteiger partial charge is 0.373 e. The Morgan fingerprint density at radius 1 is 1.19 bits per heavy atom. The van der Waals surface area contributed by atoms with Crippen molar-refractivity contribution < 1.29 is 27.9 Å². The van der Waals surface area contributed by atoms with Gasteiger partial charge in [0.15, 0.2) is 11.6 Å². The summed E-state index contributed by atoms with van der Waals surface area (Å²) in [5.41, 5.74) is 0.747. The number of hydrogen-bond acceptors (Lipinski definition) is 7. The van der Waals surface area contributed by atoms with Gasteiger partial charge in [0.25, 0.3) is 5.91 Å². The molecule has 0 aliphatic heterocycles. The van der Waals surface area contributed by atoms with E-state index < -0.39 is 23.5 Å². The van der Waals surface area contributed by atoms with Gasteiger partial charge in [0, 0.05) is 11.8 Å². The molecular formula is C16H12F2N4O4S. The molecule has 0 aliphatic carbocycles. The average molecular weight is 394 g/mol. The molecule has 0 bridgehead atoms. The molecule has 140 valence electrons. The molecular weight excluding hydrogens is 382 g/mol. The third-order valence-electron chi connectivity index (χ3n) is 3.48. The Kier molecular flexibility index (Phi) is 4.86. The number of carboxylic acids is 1. The largest absolute Gasteiger partial charge is 0.475 e. The van der Waals surface area contributed by atoms with Crippen molar-refractivity contribution >= 4 is 40.1 Å². The molecule has 0 unspecified atom stereocenters. The van der Waals surface area contributed by atoms with Gasteiger partial charge < -0.3 is 14.8 Å². The number of carbonyl (C=O) groups is 2. The van der Waals surface area contributed by atoms with Gasteiger partial charge >= 0.3 is 12.0 Å². The van der Waals surface area contributed by atoms with Crippen LogP contribution >= 0.6 is 11.5 Å². The number of halogens is 2. The second-order valence-corrected chi connectivity index (χ2v) is 6.19. The predicted molar refractivity (Wildman–Crippen MR) is 92.6 cm³/mol. The molecule has 0 fully saturated rings. The fourth-order valence-corrected chi connectivity index (χ4v) is 3.02. The number of aromatic nitrogens is 2. The average Bonchev–Trinajstić information content (AvgIpc) is 3.14. The van der Waals surface area contributed by atoms with E-state index in [2.05, 4.69) is 20.0 Å². The summed E-state index contributed by atoms with van der Waals surface area (Å²) in [5, 5.41) is 14.4. The van der Waals surface area contributed by atoms with Crippen LogP contribution in [0.2, 0.25) is 0 Å². The summed E-state index contributed by atoms with van der Waals surface area (Å²) >= 11 is 0.936. The van der Waals surface area contributed by atoms with E-state index in [0.29, 0.717) is 5.69 Å². The summed E-state index contributed by atoms with van der Waals surface area (Å²) in [7, 11) is 0. The fraction of sp³-hybridized carbons (Fsp3) is 0.125. The number of oxazole rings is 1. The third kappa shape index (κ3) is 3.77. The van der Waals surface area contributed by atoms with Crippen molar-refractivity contribution in [1.29, 1.82) is 0 Å². The van der Waals surface area contributed by atoms with E-state index in [4.69, 9.17) is 9.52 Å². The second kappa shape index (κ2) is 7.11.